The Bertz CT molecular complexity index is 506. The molecule has 1 N–H and O–H groups in total. The zero-order valence-electron chi connectivity index (χ0n) is 12.2. The van der Waals surface area contributed by atoms with Crippen molar-refractivity contribution in [3.8, 4) is 0 Å². The highest BCUT2D eigenvalue weighted by molar-refractivity contribution is 6.30. The molecule has 1 aromatic rings. The molecule has 5 nitrogen and oxygen atoms in total. The van der Waals surface area contributed by atoms with Crippen LogP contribution in [0.2, 0.25) is 5.15 Å². The number of nitrogens with one attached hydrogen (secondary N) is 1. The predicted molar refractivity (Wildman–Crippen MR) is 80.1 cm³/mol. The van der Waals surface area contributed by atoms with E-state index in [1.807, 2.05) is 25.7 Å². The Morgan fingerprint density at radius 2 is 2.20 bits per heavy atom. The smallest absolute Gasteiger partial charge is 0.222 e. The summed E-state index contributed by atoms with van der Waals surface area (Å²) in [6.45, 7) is 7.30. The summed E-state index contributed by atoms with van der Waals surface area (Å²) in [6.07, 6.45) is 2.28. The quantitative estimate of drug-likeness (QED) is 0.867. The van der Waals surface area contributed by atoms with Gasteiger partial charge in [0.1, 0.15) is 16.8 Å². The summed E-state index contributed by atoms with van der Waals surface area (Å²) in [6, 6.07) is 0.237. The molecule has 110 valence electrons. The minimum atomic E-state index is 0.210. The van der Waals surface area contributed by atoms with Crippen molar-refractivity contribution in [2.24, 2.45) is 0 Å². The van der Waals surface area contributed by atoms with E-state index in [4.69, 9.17) is 11.6 Å². The molecule has 0 saturated carbocycles. The number of carbonyl (C=O) groups is 1. The monoisotopic (exact) mass is 296 g/mol. The van der Waals surface area contributed by atoms with Crippen LogP contribution in [-0.4, -0.2) is 39.9 Å². The molecule has 0 spiro atoms. The van der Waals surface area contributed by atoms with Gasteiger partial charge in [0.15, 0.2) is 0 Å². The zero-order valence-corrected chi connectivity index (χ0v) is 13.0. The number of likely N-dealkylation sites (tertiary alicyclic amines) is 1. The number of hydrogen-bond donors (Lipinski definition) is 1. The number of carbonyl (C=O) groups excluding carboxylic acids is 1. The van der Waals surface area contributed by atoms with E-state index in [0.717, 1.165) is 37.3 Å². The van der Waals surface area contributed by atoms with Crippen LogP contribution in [0.3, 0.4) is 0 Å². The summed E-state index contributed by atoms with van der Waals surface area (Å²) < 4.78 is 0. The van der Waals surface area contributed by atoms with Crippen LogP contribution in [0.1, 0.15) is 38.1 Å². The molecule has 0 aliphatic carbocycles. The number of aromatic nitrogens is 2. The van der Waals surface area contributed by atoms with Crippen LogP contribution in [0, 0.1) is 6.92 Å². The Balaban J connectivity index is 2.10. The molecule has 1 unspecified atom stereocenters. The summed E-state index contributed by atoms with van der Waals surface area (Å²) >= 11 is 6.17. The van der Waals surface area contributed by atoms with Crippen LogP contribution < -0.4 is 5.32 Å². The van der Waals surface area contributed by atoms with Gasteiger partial charge in [0.25, 0.3) is 0 Å². The van der Waals surface area contributed by atoms with Gasteiger partial charge in [-0.05, 0) is 19.8 Å². The van der Waals surface area contributed by atoms with E-state index in [1.54, 1.807) is 0 Å². The molecular weight excluding hydrogens is 276 g/mol. The van der Waals surface area contributed by atoms with E-state index in [9.17, 15) is 4.79 Å². The molecule has 2 rings (SSSR count). The van der Waals surface area contributed by atoms with Gasteiger partial charge in [-0.2, -0.15) is 0 Å². The second kappa shape index (κ2) is 6.39. The third-order valence-corrected chi connectivity index (χ3v) is 3.92. The van der Waals surface area contributed by atoms with E-state index in [1.165, 1.54) is 0 Å². The topological polar surface area (TPSA) is 58.1 Å². The first-order chi connectivity index (χ1) is 9.55. The van der Waals surface area contributed by atoms with Gasteiger partial charge < -0.3 is 10.2 Å². The molecule has 1 aromatic heterocycles. The lowest BCUT2D eigenvalue weighted by Crippen LogP contribution is -2.31. The first-order valence-corrected chi connectivity index (χ1v) is 7.50. The van der Waals surface area contributed by atoms with Crippen molar-refractivity contribution >= 4 is 23.3 Å². The van der Waals surface area contributed by atoms with Gasteiger partial charge in [0.05, 0.1) is 0 Å². The molecule has 1 fully saturated rings. The fourth-order valence-corrected chi connectivity index (χ4v) is 2.86. The van der Waals surface area contributed by atoms with E-state index in [-0.39, 0.29) is 11.9 Å². The fourth-order valence-electron chi connectivity index (χ4n) is 2.52. The molecule has 0 radical (unpaired) electrons. The standard InChI is InChI=1S/C14H21ClN4O/c1-4-11-13(15)16-9(3)17-14(11)18-10-6-7-19(8-10)12(20)5-2/h10H,4-8H2,1-3H3,(H,16,17,18). The summed E-state index contributed by atoms with van der Waals surface area (Å²) in [5.41, 5.74) is 0.942. The molecule has 1 aliphatic rings. The number of amides is 1. The van der Waals surface area contributed by atoms with Crippen molar-refractivity contribution < 1.29 is 4.79 Å². The normalized spacial score (nSPS) is 18.4. The number of aryl methyl sites for hydroxylation is 1. The Kier molecular flexibility index (Phi) is 4.81. The third kappa shape index (κ3) is 3.20. The summed E-state index contributed by atoms with van der Waals surface area (Å²) in [4.78, 5) is 22.2. The van der Waals surface area contributed by atoms with Crippen molar-refractivity contribution in [2.45, 2.75) is 46.1 Å². The maximum Gasteiger partial charge on any atom is 0.222 e. The summed E-state index contributed by atoms with van der Waals surface area (Å²) in [5, 5.41) is 3.94. The van der Waals surface area contributed by atoms with Crippen LogP contribution in [0.25, 0.3) is 0 Å². The van der Waals surface area contributed by atoms with E-state index >= 15 is 0 Å². The van der Waals surface area contributed by atoms with Gasteiger partial charge in [0.2, 0.25) is 5.91 Å². The molecule has 0 bridgehead atoms. The average molecular weight is 297 g/mol. The van der Waals surface area contributed by atoms with Crippen LogP contribution in [0.5, 0.6) is 0 Å². The Morgan fingerprint density at radius 3 is 2.85 bits per heavy atom. The van der Waals surface area contributed by atoms with Crippen molar-refractivity contribution in [2.75, 3.05) is 18.4 Å². The number of hydrogen-bond acceptors (Lipinski definition) is 4. The van der Waals surface area contributed by atoms with Crippen LogP contribution >= 0.6 is 11.6 Å². The largest absolute Gasteiger partial charge is 0.365 e. The molecule has 20 heavy (non-hydrogen) atoms. The van der Waals surface area contributed by atoms with Crippen molar-refractivity contribution in [3.63, 3.8) is 0 Å². The fraction of sp³-hybridized carbons (Fsp3) is 0.643. The molecule has 6 heteroatoms. The van der Waals surface area contributed by atoms with E-state index in [0.29, 0.717) is 17.4 Å². The Labute approximate surface area is 124 Å². The second-order valence-corrected chi connectivity index (χ2v) is 5.42. The molecule has 2 heterocycles. The second-order valence-electron chi connectivity index (χ2n) is 5.07. The van der Waals surface area contributed by atoms with Crippen LogP contribution in [-0.2, 0) is 11.2 Å². The SMILES string of the molecule is CCC(=O)N1CCC(Nc2nc(C)nc(Cl)c2CC)C1. The number of halogens is 1. The lowest BCUT2D eigenvalue weighted by molar-refractivity contribution is -0.129. The third-order valence-electron chi connectivity index (χ3n) is 3.61. The van der Waals surface area contributed by atoms with Gasteiger partial charge in [0, 0.05) is 31.1 Å². The first kappa shape index (κ1) is 15.0. The molecular formula is C14H21ClN4O. The lowest BCUT2D eigenvalue weighted by Gasteiger charge is -2.18. The summed E-state index contributed by atoms with van der Waals surface area (Å²) in [7, 11) is 0. The molecule has 0 aromatic carbocycles. The maximum atomic E-state index is 11.7. The minimum absolute atomic E-state index is 0.210. The first-order valence-electron chi connectivity index (χ1n) is 7.12. The van der Waals surface area contributed by atoms with E-state index in [2.05, 4.69) is 15.3 Å². The highest BCUT2D eigenvalue weighted by Crippen LogP contribution is 2.24. The highest BCUT2D eigenvalue weighted by Gasteiger charge is 2.26. The highest BCUT2D eigenvalue weighted by atomic mass is 35.5. The maximum absolute atomic E-state index is 11.7. The number of nitrogens with zero attached hydrogens (tertiary/aromatic N) is 3. The minimum Gasteiger partial charge on any atom is -0.365 e. The van der Waals surface area contributed by atoms with Crippen molar-refractivity contribution in [3.05, 3.63) is 16.5 Å². The number of rotatable bonds is 4. The molecule has 1 amide bonds. The van der Waals surface area contributed by atoms with Crippen molar-refractivity contribution in [1.29, 1.82) is 0 Å². The van der Waals surface area contributed by atoms with Gasteiger partial charge in [-0.25, -0.2) is 9.97 Å². The number of anilines is 1. The summed E-state index contributed by atoms with van der Waals surface area (Å²) in [5.74, 6) is 1.68. The van der Waals surface area contributed by atoms with Crippen LogP contribution in [0.4, 0.5) is 5.82 Å². The molecule has 1 saturated heterocycles. The Morgan fingerprint density at radius 1 is 1.45 bits per heavy atom. The lowest BCUT2D eigenvalue weighted by atomic mass is 10.2. The molecule has 1 atom stereocenters. The average Bonchev–Trinajstić information content (AvgIpc) is 2.86. The van der Waals surface area contributed by atoms with Gasteiger partial charge in [-0.15, -0.1) is 0 Å². The van der Waals surface area contributed by atoms with Crippen molar-refractivity contribution in [1.82, 2.24) is 14.9 Å². The Hall–Kier alpha value is -1.36. The van der Waals surface area contributed by atoms with Crippen LogP contribution in [0.15, 0.2) is 0 Å². The van der Waals surface area contributed by atoms with Gasteiger partial charge in [-0.1, -0.05) is 25.4 Å². The molecule has 1 aliphatic heterocycles. The zero-order chi connectivity index (χ0) is 14.7. The van der Waals surface area contributed by atoms with Gasteiger partial charge in [-0.3, -0.25) is 4.79 Å². The van der Waals surface area contributed by atoms with Gasteiger partial charge >= 0.3 is 0 Å². The predicted octanol–water partition coefficient (Wildman–Crippen LogP) is 2.42. The van der Waals surface area contributed by atoms with E-state index < -0.39 is 0 Å².